The third-order valence-electron chi connectivity index (χ3n) is 3.80. The van der Waals surface area contributed by atoms with Crippen molar-refractivity contribution in [3.8, 4) is 0 Å². The second kappa shape index (κ2) is 6.98. The maximum absolute atomic E-state index is 13.4. The van der Waals surface area contributed by atoms with Gasteiger partial charge in [0.25, 0.3) is 0 Å². The van der Waals surface area contributed by atoms with Gasteiger partial charge in [-0.3, -0.25) is 4.90 Å². The highest BCUT2D eigenvalue weighted by Gasteiger charge is 2.28. The maximum atomic E-state index is 13.4. The minimum absolute atomic E-state index is 0.0566. The van der Waals surface area contributed by atoms with Crippen LogP contribution in [0, 0.1) is 5.82 Å². The number of nitrogens with zero attached hydrogens (tertiary/aromatic N) is 1. The molecule has 0 radical (unpaired) electrons. The summed E-state index contributed by atoms with van der Waals surface area (Å²) in [4.78, 5) is 2.33. The van der Waals surface area contributed by atoms with E-state index in [4.69, 9.17) is 10.5 Å². The van der Waals surface area contributed by atoms with E-state index in [0.717, 1.165) is 37.9 Å². The van der Waals surface area contributed by atoms with Gasteiger partial charge < -0.3 is 10.5 Å². The van der Waals surface area contributed by atoms with Crippen molar-refractivity contribution < 1.29 is 9.13 Å². The summed E-state index contributed by atoms with van der Waals surface area (Å²) in [6, 6.07) is 6.96. The van der Waals surface area contributed by atoms with Crippen LogP contribution in [0.25, 0.3) is 0 Å². The molecule has 3 nitrogen and oxygen atoms in total. The van der Waals surface area contributed by atoms with Crippen molar-refractivity contribution in [2.24, 2.45) is 5.73 Å². The first kappa shape index (κ1) is 14.4. The summed E-state index contributed by atoms with van der Waals surface area (Å²) < 4.78 is 18.6. The van der Waals surface area contributed by atoms with Crippen LogP contribution < -0.4 is 5.73 Å². The Morgan fingerprint density at radius 2 is 2.26 bits per heavy atom. The fourth-order valence-electron chi connectivity index (χ4n) is 2.87. The smallest absolute Gasteiger partial charge is 0.123 e. The second-order valence-corrected chi connectivity index (χ2v) is 5.19. The van der Waals surface area contributed by atoms with Crippen molar-refractivity contribution in [3.63, 3.8) is 0 Å². The summed E-state index contributed by atoms with van der Waals surface area (Å²) >= 11 is 0. The first-order valence-corrected chi connectivity index (χ1v) is 6.96. The van der Waals surface area contributed by atoms with Crippen LogP contribution in [0.5, 0.6) is 0 Å². The molecule has 1 aliphatic heterocycles. The van der Waals surface area contributed by atoms with E-state index in [9.17, 15) is 4.39 Å². The molecule has 0 amide bonds. The van der Waals surface area contributed by atoms with Crippen LogP contribution in [-0.2, 0) is 4.74 Å². The number of benzene rings is 1. The molecule has 2 unspecified atom stereocenters. The predicted molar refractivity (Wildman–Crippen MR) is 74.4 cm³/mol. The highest BCUT2D eigenvalue weighted by Crippen LogP contribution is 2.29. The Morgan fingerprint density at radius 1 is 1.42 bits per heavy atom. The van der Waals surface area contributed by atoms with Crippen molar-refractivity contribution in [2.75, 3.05) is 26.8 Å². The van der Waals surface area contributed by atoms with Crippen LogP contribution in [0.3, 0.4) is 0 Å². The molecule has 0 saturated carbocycles. The number of likely N-dealkylation sites (tertiary alicyclic amines) is 1. The first-order chi connectivity index (χ1) is 9.22. The van der Waals surface area contributed by atoms with Gasteiger partial charge in [-0.15, -0.1) is 0 Å². The summed E-state index contributed by atoms with van der Waals surface area (Å²) in [5.41, 5.74) is 7.30. The molecule has 0 spiro atoms. The third kappa shape index (κ3) is 3.75. The minimum Gasteiger partial charge on any atom is -0.383 e. The van der Waals surface area contributed by atoms with Crippen LogP contribution >= 0.6 is 0 Å². The average Bonchev–Trinajstić information content (AvgIpc) is 2.58. The summed E-state index contributed by atoms with van der Waals surface area (Å²) in [7, 11) is 1.70. The molecule has 1 heterocycles. The molecule has 2 rings (SSSR count). The molecule has 2 atom stereocenters. The van der Waals surface area contributed by atoms with E-state index in [1.165, 1.54) is 6.07 Å². The van der Waals surface area contributed by atoms with E-state index < -0.39 is 0 Å². The van der Waals surface area contributed by atoms with Gasteiger partial charge in [-0.05, 0) is 37.1 Å². The van der Waals surface area contributed by atoms with Crippen molar-refractivity contribution in [1.82, 2.24) is 4.90 Å². The Balaban J connectivity index is 2.23. The van der Waals surface area contributed by atoms with Crippen molar-refractivity contribution >= 4 is 0 Å². The molecule has 106 valence electrons. The highest BCUT2D eigenvalue weighted by atomic mass is 19.1. The lowest BCUT2D eigenvalue weighted by molar-refractivity contribution is 0.115. The number of methoxy groups -OCH3 is 1. The van der Waals surface area contributed by atoms with Crippen molar-refractivity contribution in [1.29, 1.82) is 0 Å². The van der Waals surface area contributed by atoms with E-state index in [0.29, 0.717) is 6.61 Å². The summed E-state index contributed by atoms with van der Waals surface area (Å²) in [5.74, 6) is -0.194. The van der Waals surface area contributed by atoms with E-state index in [1.54, 1.807) is 19.2 Å². The van der Waals surface area contributed by atoms with Gasteiger partial charge in [0.15, 0.2) is 0 Å². The van der Waals surface area contributed by atoms with E-state index in [1.807, 2.05) is 6.07 Å². The monoisotopic (exact) mass is 266 g/mol. The lowest BCUT2D eigenvalue weighted by atomic mass is 9.96. The van der Waals surface area contributed by atoms with Crippen LogP contribution in [0.15, 0.2) is 24.3 Å². The number of nitrogens with two attached hydrogens (primary N) is 1. The molecular weight excluding hydrogens is 243 g/mol. The topological polar surface area (TPSA) is 38.5 Å². The average molecular weight is 266 g/mol. The molecule has 1 saturated heterocycles. The van der Waals surface area contributed by atoms with E-state index in [2.05, 4.69) is 4.90 Å². The van der Waals surface area contributed by atoms with Crippen LogP contribution in [0.4, 0.5) is 4.39 Å². The Labute approximate surface area is 114 Å². The molecule has 2 N–H and O–H groups in total. The molecule has 19 heavy (non-hydrogen) atoms. The van der Waals surface area contributed by atoms with Gasteiger partial charge in [-0.2, -0.15) is 0 Å². The van der Waals surface area contributed by atoms with Gasteiger partial charge in [0.2, 0.25) is 0 Å². The standard InChI is InChI=1S/C15H23FN2O/c1-19-10-9-18-8-3-2-7-14(17)15(18)12-5-4-6-13(16)11-12/h4-6,11,14-15H,2-3,7-10,17H2,1H3. The minimum atomic E-state index is -0.194. The number of ether oxygens (including phenoxy) is 1. The zero-order chi connectivity index (χ0) is 13.7. The number of hydrogen-bond acceptors (Lipinski definition) is 3. The highest BCUT2D eigenvalue weighted by molar-refractivity contribution is 5.22. The molecule has 0 bridgehead atoms. The molecule has 4 heteroatoms. The van der Waals surface area contributed by atoms with Crippen LogP contribution in [0.2, 0.25) is 0 Å². The summed E-state index contributed by atoms with van der Waals surface area (Å²) in [6.45, 7) is 2.52. The van der Waals surface area contributed by atoms with Gasteiger partial charge in [-0.25, -0.2) is 4.39 Å². The summed E-state index contributed by atoms with van der Waals surface area (Å²) in [5, 5.41) is 0. The summed E-state index contributed by atoms with van der Waals surface area (Å²) in [6.07, 6.45) is 3.27. The lowest BCUT2D eigenvalue weighted by Gasteiger charge is -2.33. The van der Waals surface area contributed by atoms with Crippen molar-refractivity contribution in [2.45, 2.75) is 31.3 Å². The quantitative estimate of drug-likeness (QED) is 0.909. The Morgan fingerprint density at radius 3 is 3.00 bits per heavy atom. The normalized spacial score (nSPS) is 25.2. The lowest BCUT2D eigenvalue weighted by Crippen LogP contribution is -2.41. The third-order valence-corrected chi connectivity index (χ3v) is 3.80. The van der Waals surface area contributed by atoms with E-state index in [-0.39, 0.29) is 17.9 Å². The largest absolute Gasteiger partial charge is 0.383 e. The van der Waals surface area contributed by atoms with Crippen LogP contribution in [0.1, 0.15) is 30.9 Å². The predicted octanol–water partition coefficient (Wildman–Crippen LogP) is 2.33. The van der Waals surface area contributed by atoms with Gasteiger partial charge in [-0.1, -0.05) is 18.6 Å². The van der Waals surface area contributed by atoms with Gasteiger partial charge >= 0.3 is 0 Å². The Bertz CT molecular complexity index is 399. The first-order valence-electron chi connectivity index (χ1n) is 6.96. The van der Waals surface area contributed by atoms with Gasteiger partial charge in [0, 0.05) is 19.7 Å². The van der Waals surface area contributed by atoms with Gasteiger partial charge in [0.1, 0.15) is 5.82 Å². The fourth-order valence-corrected chi connectivity index (χ4v) is 2.87. The fraction of sp³-hybridized carbons (Fsp3) is 0.600. The van der Waals surface area contributed by atoms with E-state index >= 15 is 0 Å². The molecule has 0 aliphatic carbocycles. The zero-order valence-electron chi connectivity index (χ0n) is 11.5. The number of hydrogen-bond donors (Lipinski definition) is 1. The SMILES string of the molecule is COCCN1CCCCC(N)C1c1cccc(F)c1. The Kier molecular flexibility index (Phi) is 5.31. The molecule has 1 aromatic rings. The molecular formula is C15H23FN2O. The second-order valence-electron chi connectivity index (χ2n) is 5.19. The maximum Gasteiger partial charge on any atom is 0.123 e. The Hall–Kier alpha value is -0.970. The molecule has 1 fully saturated rings. The molecule has 1 aliphatic rings. The molecule has 1 aromatic carbocycles. The molecule has 0 aromatic heterocycles. The zero-order valence-corrected chi connectivity index (χ0v) is 11.5. The van der Waals surface area contributed by atoms with Crippen LogP contribution in [-0.4, -0.2) is 37.7 Å². The number of rotatable bonds is 4. The van der Waals surface area contributed by atoms with Crippen molar-refractivity contribution in [3.05, 3.63) is 35.6 Å². The number of halogens is 1. The van der Waals surface area contributed by atoms with Gasteiger partial charge in [0.05, 0.1) is 12.6 Å².